The van der Waals surface area contributed by atoms with Crippen LogP contribution in [-0.4, -0.2) is 47.4 Å². The summed E-state index contributed by atoms with van der Waals surface area (Å²) in [7, 11) is 0. The predicted octanol–water partition coefficient (Wildman–Crippen LogP) is 4.44. The van der Waals surface area contributed by atoms with Crippen LogP contribution in [0.25, 0.3) is 10.2 Å². The number of thiazole rings is 1. The largest absolute Gasteiger partial charge is 0.353 e. The number of likely N-dealkylation sites (tertiary alicyclic amines) is 1. The molecule has 0 atom stereocenters. The van der Waals surface area contributed by atoms with E-state index in [1.54, 1.807) is 11.3 Å². The van der Waals surface area contributed by atoms with Crippen molar-refractivity contribution in [1.82, 2.24) is 15.2 Å². The number of amides is 2. The van der Waals surface area contributed by atoms with E-state index < -0.39 is 0 Å². The summed E-state index contributed by atoms with van der Waals surface area (Å²) in [6.07, 6.45) is 3.84. The second kappa shape index (κ2) is 9.84. The lowest BCUT2D eigenvalue weighted by Crippen LogP contribution is -2.48. The van der Waals surface area contributed by atoms with E-state index in [9.17, 15) is 9.59 Å². The Morgan fingerprint density at radius 2 is 1.79 bits per heavy atom. The van der Waals surface area contributed by atoms with Crippen molar-refractivity contribution in [3.05, 3.63) is 59.2 Å². The molecule has 0 bridgehead atoms. The average molecular weight is 477 g/mol. The van der Waals surface area contributed by atoms with E-state index in [1.165, 1.54) is 11.1 Å². The van der Waals surface area contributed by atoms with Gasteiger partial charge in [0.2, 0.25) is 11.8 Å². The van der Waals surface area contributed by atoms with Gasteiger partial charge in [-0.25, -0.2) is 4.98 Å². The quantitative estimate of drug-likeness (QED) is 0.548. The van der Waals surface area contributed by atoms with Crippen molar-refractivity contribution in [2.24, 2.45) is 5.92 Å². The highest BCUT2D eigenvalue weighted by molar-refractivity contribution is 7.22. The van der Waals surface area contributed by atoms with Gasteiger partial charge in [0.25, 0.3) is 0 Å². The number of fused-ring (bicyclic) bond motifs is 1. The van der Waals surface area contributed by atoms with E-state index in [0.29, 0.717) is 13.1 Å². The highest BCUT2D eigenvalue weighted by Crippen LogP contribution is 2.33. The molecule has 0 unspecified atom stereocenters. The van der Waals surface area contributed by atoms with Gasteiger partial charge in [-0.1, -0.05) is 47.7 Å². The van der Waals surface area contributed by atoms with E-state index in [4.69, 9.17) is 4.98 Å². The summed E-state index contributed by atoms with van der Waals surface area (Å²) < 4.78 is 1.11. The van der Waals surface area contributed by atoms with Crippen LogP contribution in [0.1, 0.15) is 42.4 Å². The maximum absolute atomic E-state index is 13.6. The van der Waals surface area contributed by atoms with Crippen molar-refractivity contribution in [2.75, 3.05) is 24.5 Å². The fourth-order valence-corrected chi connectivity index (χ4v) is 5.58. The van der Waals surface area contributed by atoms with E-state index in [0.717, 1.165) is 59.7 Å². The van der Waals surface area contributed by atoms with Crippen LogP contribution in [-0.2, 0) is 16.1 Å². The standard InChI is InChI=1S/C27H32N4O2S/c1-18-8-11-23-25(19(18)2)29-27(34-23)31(16-20-6-4-3-5-7-20)24(32)17-30-14-12-22(13-15-30)28-26(33)21-9-10-21/h3-8,11,21-22H,9-10,12-17H2,1-2H3,(H,28,33). The Hall–Kier alpha value is -2.77. The fraction of sp³-hybridized carbons (Fsp3) is 0.444. The maximum atomic E-state index is 13.6. The Kier molecular flexibility index (Phi) is 6.66. The fourth-order valence-electron chi connectivity index (χ4n) is 4.53. The van der Waals surface area contributed by atoms with Gasteiger partial charge in [-0.3, -0.25) is 19.4 Å². The van der Waals surface area contributed by atoms with Crippen LogP contribution >= 0.6 is 11.3 Å². The predicted molar refractivity (Wildman–Crippen MR) is 137 cm³/mol. The second-order valence-corrected chi connectivity index (χ2v) is 10.7. The minimum absolute atomic E-state index is 0.0674. The number of piperidine rings is 1. The van der Waals surface area contributed by atoms with Crippen LogP contribution < -0.4 is 10.2 Å². The SMILES string of the molecule is Cc1ccc2sc(N(Cc3ccccc3)C(=O)CN3CCC(NC(=O)C4CC4)CC3)nc2c1C. The molecule has 34 heavy (non-hydrogen) atoms. The molecule has 178 valence electrons. The van der Waals surface area contributed by atoms with Crippen LogP contribution in [0.5, 0.6) is 0 Å². The van der Waals surface area contributed by atoms with Crippen LogP contribution in [0, 0.1) is 19.8 Å². The third kappa shape index (κ3) is 5.15. The van der Waals surface area contributed by atoms with Gasteiger partial charge in [0.15, 0.2) is 5.13 Å². The van der Waals surface area contributed by atoms with Crippen molar-refractivity contribution in [1.29, 1.82) is 0 Å². The molecule has 2 aliphatic rings. The zero-order chi connectivity index (χ0) is 23.7. The molecule has 1 aromatic heterocycles. The topological polar surface area (TPSA) is 65.5 Å². The van der Waals surface area contributed by atoms with Crippen LogP contribution in [0.2, 0.25) is 0 Å². The van der Waals surface area contributed by atoms with Crippen molar-refractivity contribution >= 4 is 38.5 Å². The molecule has 1 saturated heterocycles. The first kappa shape index (κ1) is 23.0. The minimum Gasteiger partial charge on any atom is -0.353 e. The van der Waals surface area contributed by atoms with Crippen molar-refractivity contribution in [3.8, 4) is 0 Å². The average Bonchev–Trinajstić information content (AvgIpc) is 3.61. The molecule has 5 rings (SSSR count). The van der Waals surface area contributed by atoms with Gasteiger partial charge >= 0.3 is 0 Å². The zero-order valence-corrected chi connectivity index (χ0v) is 20.7. The van der Waals surface area contributed by atoms with Crippen molar-refractivity contribution < 1.29 is 9.59 Å². The molecule has 6 nitrogen and oxygen atoms in total. The van der Waals surface area contributed by atoms with Gasteiger partial charge in [0.1, 0.15) is 0 Å². The number of benzene rings is 2. The van der Waals surface area contributed by atoms with E-state index in [-0.39, 0.29) is 23.8 Å². The van der Waals surface area contributed by atoms with Gasteiger partial charge < -0.3 is 5.32 Å². The number of carbonyl (C=O) groups is 2. The summed E-state index contributed by atoms with van der Waals surface area (Å²) in [5.41, 5.74) is 4.45. The van der Waals surface area contributed by atoms with E-state index in [1.807, 2.05) is 23.1 Å². The van der Waals surface area contributed by atoms with Crippen LogP contribution in [0.4, 0.5) is 5.13 Å². The van der Waals surface area contributed by atoms with Crippen LogP contribution in [0.3, 0.4) is 0 Å². The Labute approximate surface area is 205 Å². The van der Waals surface area contributed by atoms with Gasteiger partial charge in [-0.15, -0.1) is 0 Å². The number of nitrogens with one attached hydrogen (secondary N) is 1. The molecule has 2 fully saturated rings. The summed E-state index contributed by atoms with van der Waals surface area (Å²) in [6.45, 7) is 6.70. The molecule has 1 saturated carbocycles. The van der Waals surface area contributed by atoms with Gasteiger partial charge in [0.05, 0.1) is 23.3 Å². The van der Waals surface area contributed by atoms with Gasteiger partial charge in [-0.05, 0) is 62.3 Å². The molecule has 0 radical (unpaired) electrons. The Balaban J connectivity index is 1.30. The first-order chi connectivity index (χ1) is 16.5. The molecular formula is C27H32N4O2S. The first-order valence-electron chi connectivity index (χ1n) is 12.2. The molecule has 0 spiro atoms. The minimum atomic E-state index is 0.0674. The number of anilines is 1. The number of hydrogen-bond donors (Lipinski definition) is 1. The number of nitrogens with zero attached hydrogens (tertiary/aromatic N) is 3. The highest BCUT2D eigenvalue weighted by Gasteiger charge is 2.32. The number of aryl methyl sites for hydroxylation is 2. The van der Waals surface area contributed by atoms with Crippen LogP contribution in [0.15, 0.2) is 42.5 Å². The molecule has 2 heterocycles. The third-order valence-corrected chi connectivity index (χ3v) is 8.07. The summed E-state index contributed by atoms with van der Waals surface area (Å²) in [5, 5.41) is 3.95. The summed E-state index contributed by atoms with van der Waals surface area (Å²) in [4.78, 5) is 34.6. The molecule has 1 aliphatic heterocycles. The summed E-state index contributed by atoms with van der Waals surface area (Å²) >= 11 is 1.58. The lowest BCUT2D eigenvalue weighted by Gasteiger charge is -2.33. The summed E-state index contributed by atoms with van der Waals surface area (Å²) in [6, 6.07) is 14.6. The highest BCUT2D eigenvalue weighted by atomic mass is 32.1. The smallest absolute Gasteiger partial charge is 0.243 e. The monoisotopic (exact) mass is 476 g/mol. The number of aromatic nitrogens is 1. The molecule has 1 N–H and O–H groups in total. The Morgan fingerprint density at radius 3 is 2.50 bits per heavy atom. The molecular weight excluding hydrogens is 444 g/mol. The normalized spacial score (nSPS) is 17.1. The number of hydrogen-bond acceptors (Lipinski definition) is 5. The van der Waals surface area contributed by atoms with E-state index >= 15 is 0 Å². The zero-order valence-electron chi connectivity index (χ0n) is 19.9. The number of rotatable bonds is 7. The lowest BCUT2D eigenvalue weighted by molar-refractivity contribution is -0.124. The maximum Gasteiger partial charge on any atom is 0.243 e. The number of carbonyl (C=O) groups excluding carboxylic acids is 2. The molecule has 7 heteroatoms. The Morgan fingerprint density at radius 1 is 1.06 bits per heavy atom. The third-order valence-electron chi connectivity index (χ3n) is 7.03. The van der Waals surface area contributed by atoms with E-state index in [2.05, 4.69) is 48.3 Å². The molecule has 2 aromatic carbocycles. The van der Waals surface area contributed by atoms with Crippen molar-refractivity contribution in [3.63, 3.8) is 0 Å². The van der Waals surface area contributed by atoms with Gasteiger partial charge in [0, 0.05) is 25.0 Å². The molecule has 3 aromatic rings. The second-order valence-electron chi connectivity index (χ2n) is 9.65. The Bertz CT molecular complexity index is 1180. The van der Waals surface area contributed by atoms with Gasteiger partial charge in [-0.2, -0.15) is 0 Å². The first-order valence-corrected chi connectivity index (χ1v) is 13.0. The molecule has 2 amide bonds. The lowest BCUT2D eigenvalue weighted by atomic mass is 10.0. The van der Waals surface area contributed by atoms with Crippen molar-refractivity contribution in [2.45, 2.75) is 52.1 Å². The summed E-state index contributed by atoms with van der Waals surface area (Å²) in [5.74, 6) is 0.523. The molecule has 1 aliphatic carbocycles.